The number of sulfonamides is 1. The zero-order chi connectivity index (χ0) is 24.5. The topological polar surface area (TPSA) is 118 Å². The number of carbonyl (C=O) groups is 2. The minimum absolute atomic E-state index is 0.00223. The van der Waals surface area contributed by atoms with Gasteiger partial charge in [-0.25, -0.2) is 13.1 Å². The summed E-state index contributed by atoms with van der Waals surface area (Å²) in [4.78, 5) is 25.4. The highest BCUT2D eigenvalue weighted by Crippen LogP contribution is 2.29. The second-order valence-corrected chi connectivity index (χ2v) is 10.2. The number of amides is 1. The average Bonchev–Trinajstić information content (AvgIpc) is 3.06. The van der Waals surface area contributed by atoms with Gasteiger partial charge in [-0.1, -0.05) is 54.1 Å². The number of Topliss-reactive ketones (excluding diaryl/α,β-unsaturated/α-hetero) is 1. The van der Waals surface area contributed by atoms with E-state index in [0.717, 1.165) is 5.56 Å². The van der Waals surface area contributed by atoms with Gasteiger partial charge >= 0.3 is 0 Å². The van der Waals surface area contributed by atoms with Crippen LogP contribution >= 0.6 is 23.8 Å². The van der Waals surface area contributed by atoms with Crippen molar-refractivity contribution >= 4 is 62.0 Å². The summed E-state index contributed by atoms with van der Waals surface area (Å²) in [7, 11) is -4.14. The number of nitrogens with zero attached hydrogens (tertiary/aromatic N) is 1. The van der Waals surface area contributed by atoms with Crippen LogP contribution in [-0.2, 0) is 14.8 Å². The summed E-state index contributed by atoms with van der Waals surface area (Å²) in [5.41, 5.74) is 2.68. The summed E-state index contributed by atoms with van der Waals surface area (Å²) in [5.74, 6) is -0.972. The van der Waals surface area contributed by atoms with Gasteiger partial charge in [-0.2, -0.15) is 0 Å². The Labute approximate surface area is 202 Å². The van der Waals surface area contributed by atoms with Crippen LogP contribution in [0.3, 0.4) is 0 Å². The number of nitrogens with one attached hydrogen (secondary N) is 2. The molecule has 0 spiro atoms. The zero-order valence-electron chi connectivity index (χ0n) is 18.4. The summed E-state index contributed by atoms with van der Waals surface area (Å²) in [5, 5.41) is 5.06. The van der Waals surface area contributed by atoms with E-state index < -0.39 is 21.2 Å². The molecule has 1 heterocycles. The van der Waals surface area contributed by atoms with Crippen LogP contribution in [0.2, 0.25) is 5.02 Å². The van der Waals surface area contributed by atoms with Crippen molar-refractivity contribution in [3.8, 4) is 0 Å². The molecule has 8 nitrogen and oxygen atoms in total. The number of carbonyl (C=O) groups excluding carboxylic acids is 2. The molecule has 2 N–H and O–H groups in total. The van der Waals surface area contributed by atoms with E-state index in [1.165, 1.54) is 18.2 Å². The second-order valence-electron chi connectivity index (χ2n) is 7.54. The first-order chi connectivity index (χ1) is 15.5. The highest BCUT2D eigenvalue weighted by Gasteiger charge is 2.35. The Bertz CT molecular complexity index is 1330. The molecule has 0 bridgehead atoms. The number of aromatic nitrogens is 1. The molecule has 0 aliphatic heterocycles. The molecule has 1 amide bonds. The molecule has 0 saturated heterocycles. The Morgan fingerprint density at radius 3 is 2.55 bits per heavy atom. The summed E-state index contributed by atoms with van der Waals surface area (Å²) in [6, 6.07) is 3.55. The predicted molar refractivity (Wildman–Crippen MR) is 132 cm³/mol. The number of thiocarbonyl (C=S) groups is 1. The first-order valence-electron chi connectivity index (χ1n) is 9.98. The highest BCUT2D eigenvalue weighted by molar-refractivity contribution is 7.96. The second kappa shape index (κ2) is 9.58. The molecule has 0 fully saturated rings. The number of hydrogen-bond donors (Lipinski definition) is 2. The van der Waals surface area contributed by atoms with Crippen molar-refractivity contribution in [2.75, 3.05) is 10.0 Å². The van der Waals surface area contributed by atoms with E-state index in [9.17, 15) is 18.0 Å². The Kier molecular flexibility index (Phi) is 7.20. The van der Waals surface area contributed by atoms with Gasteiger partial charge in [0.05, 0.1) is 16.1 Å². The minimum atomic E-state index is -4.14. The summed E-state index contributed by atoms with van der Waals surface area (Å²) >= 11 is 11.4. The van der Waals surface area contributed by atoms with Gasteiger partial charge in [0.25, 0.3) is 11.8 Å². The van der Waals surface area contributed by atoms with Crippen molar-refractivity contribution in [2.24, 2.45) is 0 Å². The van der Waals surface area contributed by atoms with Crippen LogP contribution in [0.1, 0.15) is 40.5 Å². The van der Waals surface area contributed by atoms with Gasteiger partial charge < -0.3 is 9.84 Å². The third-order valence-electron chi connectivity index (χ3n) is 5.02. The molecule has 0 radical (unpaired) electrons. The van der Waals surface area contributed by atoms with Gasteiger partial charge in [0.15, 0.2) is 5.78 Å². The monoisotopic (exact) mass is 507 g/mol. The molecule has 1 atom stereocenters. The van der Waals surface area contributed by atoms with Crippen LogP contribution in [0.5, 0.6) is 0 Å². The lowest BCUT2D eigenvalue weighted by molar-refractivity contribution is -0.112. The molecule has 2 aromatic rings. The van der Waals surface area contributed by atoms with Gasteiger partial charge in [0.2, 0.25) is 10.0 Å². The van der Waals surface area contributed by atoms with Gasteiger partial charge in [-0.3, -0.25) is 9.59 Å². The standard InChI is InChI=1S/C22H22ClN3O5S2/c1-5-16(27)15-10-11(2)9-12(3)19(15)24-21(28)14-7-6-8-17(20(14)32)33(29,30)26-22-18(23)13(4)25-31-22/h6-10,17,26H,5H2,1-4H3,(H,24,28). The molecule has 3 rings (SSSR count). The van der Waals surface area contributed by atoms with Crippen LogP contribution < -0.4 is 10.0 Å². The van der Waals surface area contributed by atoms with Crippen molar-refractivity contribution in [1.29, 1.82) is 0 Å². The predicted octanol–water partition coefficient (Wildman–Crippen LogP) is 4.46. The van der Waals surface area contributed by atoms with Gasteiger partial charge in [-0.05, 0) is 44.0 Å². The Hall–Kier alpha value is -2.82. The van der Waals surface area contributed by atoms with Crippen LogP contribution in [0.15, 0.2) is 40.5 Å². The molecule has 0 saturated carbocycles. The third kappa shape index (κ3) is 5.07. The maximum atomic E-state index is 13.1. The fourth-order valence-corrected chi connectivity index (χ4v) is 5.37. The number of allylic oxidation sites excluding steroid dienone is 2. The lowest BCUT2D eigenvalue weighted by atomic mass is 9.98. The van der Waals surface area contributed by atoms with Crippen LogP contribution in [-0.4, -0.2) is 35.4 Å². The zero-order valence-corrected chi connectivity index (χ0v) is 20.7. The maximum Gasteiger partial charge on any atom is 0.257 e. The van der Waals surface area contributed by atoms with E-state index in [1.54, 1.807) is 26.8 Å². The Morgan fingerprint density at radius 2 is 1.94 bits per heavy atom. The van der Waals surface area contributed by atoms with Crippen molar-refractivity contribution in [3.05, 3.63) is 63.3 Å². The van der Waals surface area contributed by atoms with Crippen molar-refractivity contribution in [2.45, 2.75) is 39.4 Å². The number of anilines is 2. The third-order valence-corrected chi connectivity index (χ3v) is 7.62. The Balaban J connectivity index is 1.87. The molecule has 1 unspecified atom stereocenters. The number of ketones is 1. The number of rotatable bonds is 7. The van der Waals surface area contributed by atoms with E-state index >= 15 is 0 Å². The summed E-state index contributed by atoms with van der Waals surface area (Å²) < 4.78 is 33.0. The van der Waals surface area contributed by atoms with Crippen molar-refractivity contribution in [3.63, 3.8) is 0 Å². The van der Waals surface area contributed by atoms with Crippen molar-refractivity contribution in [1.82, 2.24) is 5.16 Å². The molecule has 33 heavy (non-hydrogen) atoms. The fourth-order valence-electron chi connectivity index (χ4n) is 3.35. The van der Waals surface area contributed by atoms with E-state index in [-0.39, 0.29) is 33.5 Å². The maximum absolute atomic E-state index is 13.1. The number of aryl methyl sites for hydroxylation is 3. The minimum Gasteiger partial charge on any atom is -0.336 e. The molecule has 1 aliphatic rings. The number of hydrogen-bond acceptors (Lipinski definition) is 7. The van der Waals surface area contributed by atoms with E-state index in [1.807, 2.05) is 13.0 Å². The van der Waals surface area contributed by atoms with Gasteiger partial charge in [0, 0.05) is 12.0 Å². The largest absolute Gasteiger partial charge is 0.336 e. The molecule has 1 aromatic heterocycles. The Morgan fingerprint density at radius 1 is 1.24 bits per heavy atom. The normalized spacial score (nSPS) is 15.8. The van der Waals surface area contributed by atoms with E-state index in [2.05, 4.69) is 15.2 Å². The molecule has 174 valence electrons. The fraction of sp³-hybridized carbons (Fsp3) is 0.273. The SMILES string of the molecule is CCC(=O)c1cc(C)cc(C)c1NC(=O)C1=CC=CC(S(=O)(=O)Nc2onc(C)c2Cl)C1=S. The summed E-state index contributed by atoms with van der Waals surface area (Å²) in [6.07, 6.45) is 4.48. The van der Waals surface area contributed by atoms with Gasteiger partial charge in [-0.15, -0.1) is 0 Å². The number of benzene rings is 1. The van der Waals surface area contributed by atoms with Gasteiger partial charge in [0.1, 0.15) is 16.0 Å². The first-order valence-corrected chi connectivity index (χ1v) is 12.3. The quantitative estimate of drug-likeness (QED) is 0.419. The average molecular weight is 508 g/mol. The lowest BCUT2D eigenvalue weighted by Crippen LogP contribution is -2.37. The van der Waals surface area contributed by atoms with Crippen LogP contribution in [0.4, 0.5) is 11.6 Å². The molecular formula is C22H22ClN3O5S2. The van der Waals surface area contributed by atoms with Crippen LogP contribution in [0.25, 0.3) is 0 Å². The van der Waals surface area contributed by atoms with E-state index in [4.69, 9.17) is 28.3 Å². The molecule has 11 heteroatoms. The molecule has 1 aromatic carbocycles. The van der Waals surface area contributed by atoms with Crippen LogP contribution in [0, 0.1) is 20.8 Å². The summed E-state index contributed by atoms with van der Waals surface area (Å²) in [6.45, 7) is 6.94. The number of halogens is 1. The molecular weight excluding hydrogens is 486 g/mol. The van der Waals surface area contributed by atoms with E-state index in [0.29, 0.717) is 22.5 Å². The first kappa shape index (κ1) is 24.8. The lowest BCUT2D eigenvalue weighted by Gasteiger charge is -2.21. The molecule has 1 aliphatic carbocycles. The van der Waals surface area contributed by atoms with Crippen molar-refractivity contribution < 1.29 is 22.5 Å². The smallest absolute Gasteiger partial charge is 0.257 e. The highest BCUT2D eigenvalue weighted by atomic mass is 35.5.